The maximum atomic E-state index is 12.2. The normalized spacial score (nSPS) is 15.7. The van der Waals surface area contributed by atoms with Gasteiger partial charge in [-0.2, -0.15) is 5.26 Å². The van der Waals surface area contributed by atoms with Crippen LogP contribution in [0.3, 0.4) is 0 Å². The number of nitriles is 1. The predicted molar refractivity (Wildman–Crippen MR) is 80.7 cm³/mol. The molecule has 3 rings (SSSR count). The molecule has 0 aliphatic carbocycles. The molecule has 2 aromatic carbocycles. The number of carbonyl (C=O) groups excluding carboxylic acids is 1. The lowest BCUT2D eigenvalue weighted by Crippen LogP contribution is -2.40. The van der Waals surface area contributed by atoms with Crippen LogP contribution in [-0.4, -0.2) is 18.6 Å². The molecule has 0 radical (unpaired) electrons. The Morgan fingerprint density at radius 3 is 2.64 bits per heavy atom. The molecule has 0 bridgehead atoms. The molecule has 1 aliphatic rings. The SMILES string of the molecule is N#CCc1ccc(NC(=O)[C@H]2COc3ccccc3O2)cc1. The first kappa shape index (κ1) is 14.0. The molecule has 1 amide bonds. The van der Waals surface area contributed by atoms with Crippen molar-refractivity contribution in [3.63, 3.8) is 0 Å². The van der Waals surface area contributed by atoms with E-state index >= 15 is 0 Å². The molecule has 5 nitrogen and oxygen atoms in total. The van der Waals surface area contributed by atoms with E-state index in [0.29, 0.717) is 23.6 Å². The Morgan fingerprint density at radius 1 is 1.18 bits per heavy atom. The summed E-state index contributed by atoms with van der Waals surface area (Å²) in [7, 11) is 0. The minimum Gasteiger partial charge on any atom is -0.485 e. The van der Waals surface area contributed by atoms with Crippen molar-refractivity contribution in [3.05, 3.63) is 54.1 Å². The van der Waals surface area contributed by atoms with Gasteiger partial charge >= 0.3 is 0 Å². The summed E-state index contributed by atoms with van der Waals surface area (Å²) in [5.41, 5.74) is 1.57. The van der Waals surface area contributed by atoms with Crippen LogP contribution in [-0.2, 0) is 11.2 Å². The summed E-state index contributed by atoms with van der Waals surface area (Å²) in [6, 6.07) is 16.5. The van der Waals surface area contributed by atoms with Crippen molar-refractivity contribution in [2.75, 3.05) is 11.9 Å². The topological polar surface area (TPSA) is 71.4 Å². The van der Waals surface area contributed by atoms with E-state index in [-0.39, 0.29) is 12.5 Å². The van der Waals surface area contributed by atoms with Crippen molar-refractivity contribution in [1.82, 2.24) is 0 Å². The van der Waals surface area contributed by atoms with Gasteiger partial charge in [0.15, 0.2) is 11.5 Å². The summed E-state index contributed by atoms with van der Waals surface area (Å²) < 4.78 is 11.2. The number of amides is 1. The Labute approximate surface area is 128 Å². The first-order valence-electron chi connectivity index (χ1n) is 6.91. The van der Waals surface area contributed by atoms with Crippen LogP contribution in [0, 0.1) is 11.3 Å². The highest BCUT2D eigenvalue weighted by Crippen LogP contribution is 2.31. The maximum Gasteiger partial charge on any atom is 0.269 e. The van der Waals surface area contributed by atoms with Gasteiger partial charge < -0.3 is 14.8 Å². The number of fused-ring (bicyclic) bond motifs is 1. The molecule has 5 heteroatoms. The zero-order chi connectivity index (χ0) is 15.4. The van der Waals surface area contributed by atoms with E-state index < -0.39 is 6.10 Å². The first-order chi connectivity index (χ1) is 10.8. The summed E-state index contributed by atoms with van der Waals surface area (Å²) in [6.07, 6.45) is -0.335. The molecular weight excluding hydrogens is 280 g/mol. The van der Waals surface area contributed by atoms with Gasteiger partial charge in [-0.05, 0) is 29.8 Å². The molecule has 110 valence electrons. The molecule has 0 fully saturated rings. The predicted octanol–water partition coefficient (Wildman–Crippen LogP) is 2.53. The minimum atomic E-state index is -0.686. The quantitative estimate of drug-likeness (QED) is 0.944. The summed E-state index contributed by atoms with van der Waals surface area (Å²) in [5.74, 6) is 0.952. The second-order valence-electron chi connectivity index (χ2n) is 4.89. The number of ether oxygens (including phenoxy) is 2. The third kappa shape index (κ3) is 3.01. The third-order valence-corrected chi connectivity index (χ3v) is 3.31. The fourth-order valence-electron chi connectivity index (χ4n) is 2.17. The van der Waals surface area contributed by atoms with Crippen molar-refractivity contribution in [2.45, 2.75) is 12.5 Å². The van der Waals surface area contributed by atoms with Gasteiger partial charge in [-0.15, -0.1) is 0 Å². The van der Waals surface area contributed by atoms with Crippen molar-refractivity contribution < 1.29 is 14.3 Å². The fraction of sp³-hybridized carbons (Fsp3) is 0.176. The van der Waals surface area contributed by atoms with Gasteiger partial charge in [-0.25, -0.2) is 0 Å². The average molecular weight is 294 g/mol. The lowest BCUT2D eigenvalue weighted by molar-refractivity contribution is -0.125. The number of rotatable bonds is 3. The molecule has 0 saturated heterocycles. The summed E-state index contributed by atoms with van der Waals surface area (Å²) in [4.78, 5) is 12.2. The van der Waals surface area contributed by atoms with Gasteiger partial charge in [0.25, 0.3) is 5.91 Å². The molecule has 2 aromatic rings. The van der Waals surface area contributed by atoms with Gasteiger partial charge in [-0.1, -0.05) is 24.3 Å². The summed E-state index contributed by atoms with van der Waals surface area (Å²) in [5, 5.41) is 11.4. The fourth-order valence-corrected chi connectivity index (χ4v) is 2.17. The summed E-state index contributed by atoms with van der Waals surface area (Å²) in [6.45, 7) is 0.176. The summed E-state index contributed by atoms with van der Waals surface area (Å²) >= 11 is 0. The monoisotopic (exact) mass is 294 g/mol. The van der Waals surface area contributed by atoms with Crippen molar-refractivity contribution in [1.29, 1.82) is 5.26 Å². The molecule has 1 atom stereocenters. The Bertz CT molecular complexity index is 719. The molecule has 1 N–H and O–H groups in total. The van der Waals surface area contributed by atoms with Crippen LogP contribution in [0.4, 0.5) is 5.69 Å². The van der Waals surface area contributed by atoms with Gasteiger partial charge in [0.1, 0.15) is 6.61 Å². The Hall–Kier alpha value is -3.00. The second-order valence-corrected chi connectivity index (χ2v) is 4.89. The van der Waals surface area contributed by atoms with E-state index in [1.807, 2.05) is 24.3 Å². The Kier molecular flexibility index (Phi) is 3.92. The van der Waals surface area contributed by atoms with Gasteiger partial charge in [0, 0.05) is 5.69 Å². The molecule has 0 aromatic heterocycles. The maximum absolute atomic E-state index is 12.2. The standard InChI is InChI=1S/C17H14N2O3/c18-10-9-12-5-7-13(8-6-12)19-17(20)16-11-21-14-3-1-2-4-15(14)22-16/h1-8,16H,9,11H2,(H,19,20)/t16-/m1/s1. The number of para-hydroxylation sites is 2. The number of benzene rings is 2. The van der Waals surface area contributed by atoms with Crippen molar-refractivity contribution in [2.24, 2.45) is 0 Å². The number of carbonyl (C=O) groups is 1. The van der Waals surface area contributed by atoms with E-state index in [9.17, 15) is 4.79 Å². The first-order valence-corrected chi connectivity index (χ1v) is 6.91. The van der Waals surface area contributed by atoms with Crippen LogP contribution < -0.4 is 14.8 Å². The molecule has 0 spiro atoms. The lowest BCUT2D eigenvalue weighted by Gasteiger charge is -2.25. The number of nitrogens with one attached hydrogen (secondary N) is 1. The van der Waals surface area contributed by atoms with E-state index in [1.54, 1.807) is 24.3 Å². The van der Waals surface area contributed by atoms with Crippen molar-refractivity contribution >= 4 is 11.6 Å². The highest BCUT2D eigenvalue weighted by molar-refractivity contribution is 5.94. The van der Waals surface area contributed by atoms with E-state index in [4.69, 9.17) is 14.7 Å². The molecule has 1 heterocycles. The Balaban J connectivity index is 1.64. The van der Waals surface area contributed by atoms with Gasteiger partial charge in [0.2, 0.25) is 6.10 Å². The number of anilines is 1. The second kappa shape index (κ2) is 6.19. The number of hydrogen-bond acceptors (Lipinski definition) is 4. The van der Waals surface area contributed by atoms with Crippen LogP contribution in [0.2, 0.25) is 0 Å². The highest BCUT2D eigenvalue weighted by atomic mass is 16.6. The number of hydrogen-bond donors (Lipinski definition) is 1. The van der Waals surface area contributed by atoms with E-state index in [1.165, 1.54) is 0 Å². The minimum absolute atomic E-state index is 0.176. The van der Waals surface area contributed by atoms with Crippen LogP contribution in [0.15, 0.2) is 48.5 Å². The molecular formula is C17H14N2O3. The van der Waals surface area contributed by atoms with Gasteiger partial charge in [-0.3, -0.25) is 4.79 Å². The molecule has 22 heavy (non-hydrogen) atoms. The van der Waals surface area contributed by atoms with E-state index in [2.05, 4.69) is 11.4 Å². The molecule has 0 unspecified atom stereocenters. The Morgan fingerprint density at radius 2 is 1.91 bits per heavy atom. The van der Waals surface area contributed by atoms with Crippen LogP contribution in [0.5, 0.6) is 11.5 Å². The zero-order valence-corrected chi connectivity index (χ0v) is 11.8. The molecule has 1 aliphatic heterocycles. The average Bonchev–Trinajstić information content (AvgIpc) is 2.56. The van der Waals surface area contributed by atoms with Crippen LogP contribution >= 0.6 is 0 Å². The van der Waals surface area contributed by atoms with Gasteiger partial charge in [0.05, 0.1) is 12.5 Å². The largest absolute Gasteiger partial charge is 0.485 e. The van der Waals surface area contributed by atoms with E-state index in [0.717, 1.165) is 5.56 Å². The third-order valence-electron chi connectivity index (χ3n) is 3.31. The smallest absolute Gasteiger partial charge is 0.269 e. The lowest BCUT2D eigenvalue weighted by atomic mass is 10.1. The number of nitrogens with zero attached hydrogens (tertiary/aromatic N) is 1. The van der Waals surface area contributed by atoms with Crippen LogP contribution in [0.25, 0.3) is 0 Å². The van der Waals surface area contributed by atoms with Crippen LogP contribution in [0.1, 0.15) is 5.56 Å². The zero-order valence-electron chi connectivity index (χ0n) is 11.8. The highest BCUT2D eigenvalue weighted by Gasteiger charge is 2.27. The van der Waals surface area contributed by atoms with Crippen molar-refractivity contribution in [3.8, 4) is 17.6 Å². The molecule has 0 saturated carbocycles.